The predicted octanol–water partition coefficient (Wildman–Crippen LogP) is 2.05. The molecule has 19 heavy (non-hydrogen) atoms. The molecular weight excluding hydrogens is 284 g/mol. The van der Waals surface area contributed by atoms with Gasteiger partial charge in [0.1, 0.15) is 0 Å². The van der Waals surface area contributed by atoms with E-state index in [0.29, 0.717) is 17.1 Å². The molecule has 0 radical (unpaired) electrons. The third-order valence-electron chi connectivity index (χ3n) is 3.78. The van der Waals surface area contributed by atoms with Gasteiger partial charge in [-0.15, -0.1) is 0 Å². The zero-order chi connectivity index (χ0) is 14.0. The molecule has 1 saturated carbocycles. The van der Waals surface area contributed by atoms with Crippen LogP contribution < -0.4 is 10.5 Å². The average molecular weight is 303 g/mol. The van der Waals surface area contributed by atoms with Gasteiger partial charge in [0.15, 0.2) is 0 Å². The van der Waals surface area contributed by atoms with E-state index in [4.69, 9.17) is 17.3 Å². The van der Waals surface area contributed by atoms with Crippen LogP contribution in [0.2, 0.25) is 5.02 Å². The molecule has 1 aliphatic rings. The Labute approximate surface area is 119 Å². The minimum atomic E-state index is -3.53. The van der Waals surface area contributed by atoms with Crippen molar-refractivity contribution in [1.29, 1.82) is 0 Å². The highest BCUT2D eigenvalue weighted by Crippen LogP contribution is 2.28. The summed E-state index contributed by atoms with van der Waals surface area (Å²) in [6.45, 7) is 2.23. The summed E-state index contributed by atoms with van der Waals surface area (Å²) in [6, 6.07) is 4.86. The second-order valence-electron chi connectivity index (χ2n) is 5.02. The van der Waals surface area contributed by atoms with Crippen molar-refractivity contribution in [2.45, 2.75) is 37.1 Å². The van der Waals surface area contributed by atoms with E-state index in [-0.39, 0.29) is 16.9 Å². The highest BCUT2D eigenvalue weighted by molar-refractivity contribution is 7.89. The molecule has 6 heteroatoms. The maximum absolute atomic E-state index is 12.4. The fourth-order valence-corrected chi connectivity index (χ4v) is 4.45. The number of hydrogen-bond donors (Lipinski definition) is 2. The van der Waals surface area contributed by atoms with Crippen LogP contribution in [0.25, 0.3) is 0 Å². The monoisotopic (exact) mass is 302 g/mol. The van der Waals surface area contributed by atoms with Crippen LogP contribution in [0.4, 0.5) is 0 Å². The Morgan fingerprint density at radius 1 is 1.42 bits per heavy atom. The molecular formula is C13H19ClN2O2S. The summed E-state index contributed by atoms with van der Waals surface area (Å²) in [7, 11) is -3.53. The van der Waals surface area contributed by atoms with Crippen LogP contribution in [0.5, 0.6) is 0 Å². The number of rotatable bonds is 4. The lowest BCUT2D eigenvalue weighted by molar-refractivity contribution is 0.452. The molecule has 2 rings (SSSR count). The summed E-state index contributed by atoms with van der Waals surface area (Å²) in [5.41, 5.74) is 6.26. The second-order valence-corrected chi connectivity index (χ2v) is 7.11. The average Bonchev–Trinajstić information content (AvgIpc) is 2.78. The fraction of sp³-hybridized carbons (Fsp3) is 0.538. The Bertz CT molecular complexity index is 560. The van der Waals surface area contributed by atoms with Gasteiger partial charge in [0.05, 0.1) is 4.90 Å². The van der Waals surface area contributed by atoms with Gasteiger partial charge in [0, 0.05) is 11.1 Å². The second kappa shape index (κ2) is 5.79. The van der Waals surface area contributed by atoms with Gasteiger partial charge in [-0.25, -0.2) is 13.1 Å². The summed E-state index contributed by atoms with van der Waals surface area (Å²) >= 11 is 5.98. The molecule has 1 aromatic carbocycles. The Morgan fingerprint density at radius 2 is 2.16 bits per heavy atom. The Balaban J connectivity index is 2.25. The largest absolute Gasteiger partial charge is 0.330 e. The number of sulfonamides is 1. The quantitative estimate of drug-likeness (QED) is 0.894. The third-order valence-corrected chi connectivity index (χ3v) is 5.82. The predicted molar refractivity (Wildman–Crippen MR) is 76.7 cm³/mol. The Kier molecular flexibility index (Phi) is 4.50. The molecule has 2 unspecified atom stereocenters. The zero-order valence-corrected chi connectivity index (χ0v) is 12.5. The van der Waals surface area contributed by atoms with E-state index in [2.05, 4.69) is 4.72 Å². The van der Waals surface area contributed by atoms with E-state index >= 15 is 0 Å². The van der Waals surface area contributed by atoms with E-state index in [1.807, 2.05) is 0 Å². The highest BCUT2D eigenvalue weighted by atomic mass is 35.5. The molecule has 0 aliphatic heterocycles. The molecule has 3 N–H and O–H groups in total. The van der Waals surface area contributed by atoms with E-state index in [9.17, 15) is 8.42 Å². The highest BCUT2D eigenvalue weighted by Gasteiger charge is 2.31. The van der Waals surface area contributed by atoms with Gasteiger partial charge in [-0.3, -0.25) is 0 Å². The normalized spacial score (nSPS) is 23.7. The fourth-order valence-electron chi connectivity index (χ4n) is 2.62. The number of nitrogens with one attached hydrogen (secondary N) is 1. The lowest BCUT2D eigenvalue weighted by Crippen LogP contribution is -2.40. The van der Waals surface area contributed by atoms with Crippen molar-refractivity contribution in [3.8, 4) is 0 Å². The molecule has 0 aromatic heterocycles. The molecule has 0 saturated heterocycles. The van der Waals surface area contributed by atoms with Crippen LogP contribution in [-0.4, -0.2) is 21.0 Å². The van der Waals surface area contributed by atoms with E-state index in [1.165, 1.54) is 0 Å². The standard InChI is InChI=1S/C13H19ClN2O2S/c1-9-11(14)5-3-7-13(9)19(17,18)16-12-6-2-4-10(12)8-15/h3,5,7,10,12,16H,2,4,6,8,15H2,1H3. The minimum absolute atomic E-state index is 0.0617. The summed E-state index contributed by atoms with van der Waals surface area (Å²) in [4.78, 5) is 0.252. The van der Waals surface area contributed by atoms with Gasteiger partial charge in [0.25, 0.3) is 0 Å². The maximum atomic E-state index is 12.4. The summed E-state index contributed by atoms with van der Waals surface area (Å²) < 4.78 is 27.6. The van der Waals surface area contributed by atoms with Gasteiger partial charge in [-0.2, -0.15) is 0 Å². The lowest BCUT2D eigenvalue weighted by Gasteiger charge is -2.20. The van der Waals surface area contributed by atoms with Crippen molar-refractivity contribution in [2.24, 2.45) is 11.7 Å². The molecule has 0 heterocycles. The molecule has 0 amide bonds. The van der Waals surface area contributed by atoms with Crippen LogP contribution >= 0.6 is 11.6 Å². The first-order valence-corrected chi connectivity index (χ1v) is 8.29. The first-order valence-electron chi connectivity index (χ1n) is 6.43. The first-order chi connectivity index (χ1) is 8.95. The van der Waals surface area contributed by atoms with Crippen LogP contribution in [0.15, 0.2) is 23.1 Å². The zero-order valence-electron chi connectivity index (χ0n) is 10.9. The summed E-state index contributed by atoms with van der Waals surface area (Å²) in [5, 5.41) is 0.463. The van der Waals surface area contributed by atoms with Gasteiger partial charge in [0.2, 0.25) is 10.0 Å². The third kappa shape index (κ3) is 3.11. The maximum Gasteiger partial charge on any atom is 0.241 e. The van der Waals surface area contributed by atoms with Crippen molar-refractivity contribution in [3.63, 3.8) is 0 Å². The first kappa shape index (κ1) is 14.8. The van der Waals surface area contributed by atoms with Crippen LogP contribution in [0, 0.1) is 12.8 Å². The van der Waals surface area contributed by atoms with Crippen LogP contribution in [0.1, 0.15) is 24.8 Å². The molecule has 1 aliphatic carbocycles. The molecule has 0 bridgehead atoms. The number of benzene rings is 1. The molecule has 0 spiro atoms. The van der Waals surface area contributed by atoms with Crippen molar-refractivity contribution in [3.05, 3.63) is 28.8 Å². The molecule has 1 aromatic rings. The number of halogens is 1. The van der Waals surface area contributed by atoms with E-state index in [1.54, 1.807) is 25.1 Å². The van der Waals surface area contributed by atoms with Crippen molar-refractivity contribution >= 4 is 21.6 Å². The molecule has 4 nitrogen and oxygen atoms in total. The smallest absolute Gasteiger partial charge is 0.241 e. The SMILES string of the molecule is Cc1c(Cl)cccc1S(=O)(=O)NC1CCCC1CN. The van der Waals surface area contributed by atoms with E-state index in [0.717, 1.165) is 19.3 Å². The minimum Gasteiger partial charge on any atom is -0.330 e. The van der Waals surface area contributed by atoms with Gasteiger partial charge in [-0.05, 0) is 49.9 Å². The topological polar surface area (TPSA) is 72.2 Å². The summed E-state index contributed by atoms with van der Waals surface area (Å²) in [5.74, 6) is 0.231. The molecule has 106 valence electrons. The Hall–Kier alpha value is -0.620. The van der Waals surface area contributed by atoms with Gasteiger partial charge in [-0.1, -0.05) is 24.1 Å². The summed E-state index contributed by atoms with van der Waals surface area (Å²) in [6.07, 6.45) is 2.85. The van der Waals surface area contributed by atoms with E-state index < -0.39 is 10.0 Å². The van der Waals surface area contributed by atoms with Crippen molar-refractivity contribution < 1.29 is 8.42 Å². The lowest BCUT2D eigenvalue weighted by atomic mass is 10.1. The van der Waals surface area contributed by atoms with Gasteiger partial charge >= 0.3 is 0 Å². The van der Waals surface area contributed by atoms with Crippen molar-refractivity contribution in [1.82, 2.24) is 4.72 Å². The van der Waals surface area contributed by atoms with Gasteiger partial charge < -0.3 is 5.73 Å². The Morgan fingerprint density at radius 3 is 2.84 bits per heavy atom. The molecule has 2 atom stereocenters. The van der Waals surface area contributed by atoms with Crippen LogP contribution in [0.3, 0.4) is 0 Å². The number of nitrogens with two attached hydrogens (primary N) is 1. The molecule has 1 fully saturated rings. The van der Waals surface area contributed by atoms with Crippen molar-refractivity contribution in [2.75, 3.05) is 6.54 Å². The number of hydrogen-bond acceptors (Lipinski definition) is 3. The van der Waals surface area contributed by atoms with Crippen LogP contribution in [-0.2, 0) is 10.0 Å².